The molecule has 3 N–H and O–H groups in total. The number of primary amides is 1. The van der Waals surface area contributed by atoms with Crippen LogP contribution in [0.15, 0.2) is 18.2 Å². The van der Waals surface area contributed by atoms with Gasteiger partial charge in [0.2, 0.25) is 0 Å². The van der Waals surface area contributed by atoms with E-state index >= 15 is 0 Å². The summed E-state index contributed by atoms with van der Waals surface area (Å²) in [4.78, 5) is 12.8. The molecule has 2 rings (SSSR count). The molecule has 1 heterocycles. The zero-order chi connectivity index (χ0) is 14.5. The number of nitrogens with one attached hydrogen (secondary N) is 1. The number of rotatable bonds is 4. The maximum atomic E-state index is 11.1. The number of anilines is 1. The summed E-state index contributed by atoms with van der Waals surface area (Å²) in [5.74, 6) is 0.902. The molecule has 0 atom stereocenters. The molecule has 1 saturated heterocycles. The minimum Gasteiger partial charge on any atom is -0.494 e. The van der Waals surface area contributed by atoms with Gasteiger partial charge in [-0.25, -0.2) is 4.79 Å². The first-order valence-electron chi connectivity index (χ1n) is 7.14. The molecule has 20 heavy (non-hydrogen) atoms. The summed E-state index contributed by atoms with van der Waals surface area (Å²) >= 11 is 0. The van der Waals surface area contributed by atoms with Gasteiger partial charge in [0.05, 0.1) is 6.61 Å². The summed E-state index contributed by atoms with van der Waals surface area (Å²) < 4.78 is 5.49. The summed E-state index contributed by atoms with van der Waals surface area (Å²) in [5, 5.41) is 3.54. The van der Waals surface area contributed by atoms with Gasteiger partial charge in [0, 0.05) is 24.8 Å². The van der Waals surface area contributed by atoms with Crippen LogP contribution in [-0.4, -0.2) is 36.7 Å². The number of benzene rings is 1. The fourth-order valence-corrected chi connectivity index (χ4v) is 2.52. The minimum absolute atomic E-state index is 0.319. The fourth-order valence-electron chi connectivity index (χ4n) is 2.52. The average molecular weight is 277 g/mol. The molecule has 5 nitrogen and oxygen atoms in total. The van der Waals surface area contributed by atoms with Crippen LogP contribution in [0, 0.1) is 6.92 Å². The summed E-state index contributed by atoms with van der Waals surface area (Å²) in [6.45, 7) is 6.18. The molecule has 2 amide bonds. The van der Waals surface area contributed by atoms with Gasteiger partial charge in [0.15, 0.2) is 0 Å². The smallest absolute Gasteiger partial charge is 0.314 e. The number of piperidine rings is 1. The van der Waals surface area contributed by atoms with Gasteiger partial charge in [-0.1, -0.05) is 0 Å². The van der Waals surface area contributed by atoms with E-state index in [1.54, 1.807) is 4.90 Å². The molecular formula is C15H23N3O2. The van der Waals surface area contributed by atoms with Gasteiger partial charge in [-0.15, -0.1) is 0 Å². The number of nitrogens with two attached hydrogens (primary N) is 1. The van der Waals surface area contributed by atoms with E-state index in [0.29, 0.717) is 12.6 Å². The molecule has 0 spiro atoms. The van der Waals surface area contributed by atoms with Crippen LogP contribution < -0.4 is 15.8 Å². The highest BCUT2D eigenvalue weighted by Gasteiger charge is 2.21. The van der Waals surface area contributed by atoms with Crippen molar-refractivity contribution in [1.29, 1.82) is 0 Å². The van der Waals surface area contributed by atoms with E-state index in [2.05, 4.69) is 18.3 Å². The van der Waals surface area contributed by atoms with Crippen molar-refractivity contribution >= 4 is 11.7 Å². The van der Waals surface area contributed by atoms with Crippen LogP contribution in [0.4, 0.5) is 10.5 Å². The third-order valence-electron chi connectivity index (χ3n) is 3.68. The lowest BCUT2D eigenvalue weighted by Crippen LogP contribution is -2.44. The number of carbonyl (C=O) groups is 1. The average Bonchev–Trinajstić information content (AvgIpc) is 2.43. The zero-order valence-corrected chi connectivity index (χ0v) is 12.2. The lowest BCUT2D eigenvalue weighted by molar-refractivity contribution is 0.193. The maximum absolute atomic E-state index is 11.1. The van der Waals surface area contributed by atoms with Gasteiger partial charge in [-0.05, 0) is 50.5 Å². The lowest BCUT2D eigenvalue weighted by atomic mass is 10.0. The molecule has 0 radical (unpaired) electrons. The van der Waals surface area contributed by atoms with E-state index in [1.165, 1.54) is 5.56 Å². The summed E-state index contributed by atoms with van der Waals surface area (Å²) in [5.41, 5.74) is 7.59. The number of aryl methyl sites for hydroxylation is 1. The lowest BCUT2D eigenvalue weighted by Gasteiger charge is -2.32. The molecule has 0 aromatic heterocycles. The summed E-state index contributed by atoms with van der Waals surface area (Å²) in [6.07, 6.45) is 1.85. The monoisotopic (exact) mass is 277 g/mol. The van der Waals surface area contributed by atoms with Crippen LogP contribution in [0.2, 0.25) is 0 Å². The summed E-state index contributed by atoms with van der Waals surface area (Å²) in [6, 6.07) is 6.16. The molecule has 0 saturated carbocycles. The van der Waals surface area contributed by atoms with E-state index in [0.717, 1.165) is 37.4 Å². The first-order valence-corrected chi connectivity index (χ1v) is 7.14. The minimum atomic E-state index is -0.319. The second-order valence-electron chi connectivity index (χ2n) is 5.15. The van der Waals surface area contributed by atoms with Gasteiger partial charge in [0.25, 0.3) is 0 Å². The standard InChI is InChI=1S/C15H23N3O2/c1-3-20-13-4-5-14(11(2)10-13)17-12-6-8-18(9-7-12)15(16)19/h4-5,10,12,17H,3,6-9H2,1-2H3,(H2,16,19). The molecule has 0 bridgehead atoms. The molecule has 5 heteroatoms. The third-order valence-corrected chi connectivity index (χ3v) is 3.68. The number of urea groups is 1. The van der Waals surface area contributed by atoms with Crippen LogP contribution in [-0.2, 0) is 0 Å². The van der Waals surface area contributed by atoms with E-state index < -0.39 is 0 Å². The van der Waals surface area contributed by atoms with Gasteiger partial charge in [0.1, 0.15) is 5.75 Å². The van der Waals surface area contributed by atoms with Gasteiger partial charge in [-0.3, -0.25) is 0 Å². The van der Waals surface area contributed by atoms with Crippen LogP contribution in [0.25, 0.3) is 0 Å². The van der Waals surface area contributed by atoms with E-state index in [1.807, 2.05) is 19.1 Å². The number of nitrogens with zero attached hydrogens (tertiary/aromatic N) is 1. The van der Waals surface area contributed by atoms with Crippen molar-refractivity contribution in [2.45, 2.75) is 32.7 Å². The second kappa shape index (κ2) is 6.50. The number of carbonyl (C=O) groups excluding carboxylic acids is 1. The molecule has 1 aromatic carbocycles. The number of hydrogen-bond acceptors (Lipinski definition) is 3. The molecule has 1 aliphatic heterocycles. The summed E-state index contributed by atoms with van der Waals surface area (Å²) in [7, 11) is 0. The first kappa shape index (κ1) is 14.5. The molecular weight excluding hydrogens is 254 g/mol. The highest BCUT2D eigenvalue weighted by atomic mass is 16.5. The van der Waals surface area contributed by atoms with E-state index in [-0.39, 0.29) is 6.03 Å². The Bertz CT molecular complexity index is 468. The Labute approximate surface area is 120 Å². The van der Waals surface area contributed by atoms with Gasteiger partial charge >= 0.3 is 6.03 Å². The number of hydrogen-bond donors (Lipinski definition) is 2. The normalized spacial score (nSPS) is 16.0. The topological polar surface area (TPSA) is 67.6 Å². The number of likely N-dealkylation sites (tertiary alicyclic amines) is 1. The predicted molar refractivity (Wildman–Crippen MR) is 80.1 cm³/mol. The van der Waals surface area contributed by atoms with Gasteiger partial charge in [-0.2, -0.15) is 0 Å². The predicted octanol–water partition coefficient (Wildman–Crippen LogP) is 2.35. The Hall–Kier alpha value is -1.91. The van der Waals surface area contributed by atoms with Gasteiger partial charge < -0.3 is 20.7 Å². The Morgan fingerprint density at radius 1 is 1.45 bits per heavy atom. The van der Waals surface area contributed by atoms with Crippen LogP contribution >= 0.6 is 0 Å². The van der Waals surface area contributed by atoms with Crippen molar-refractivity contribution in [3.8, 4) is 5.75 Å². The third kappa shape index (κ3) is 3.56. The van der Waals surface area contributed by atoms with Crippen molar-refractivity contribution in [2.75, 3.05) is 25.0 Å². The SMILES string of the molecule is CCOc1ccc(NC2CCN(C(N)=O)CC2)c(C)c1. The van der Waals surface area contributed by atoms with Crippen molar-refractivity contribution in [3.63, 3.8) is 0 Å². The molecule has 1 aliphatic rings. The van der Waals surface area contributed by atoms with Crippen molar-refractivity contribution in [1.82, 2.24) is 4.90 Å². The largest absolute Gasteiger partial charge is 0.494 e. The van der Waals surface area contributed by atoms with Crippen LogP contribution in [0.5, 0.6) is 5.75 Å². The molecule has 0 aliphatic carbocycles. The van der Waals surface area contributed by atoms with Crippen LogP contribution in [0.1, 0.15) is 25.3 Å². The fraction of sp³-hybridized carbons (Fsp3) is 0.533. The highest BCUT2D eigenvalue weighted by Crippen LogP contribution is 2.24. The van der Waals surface area contributed by atoms with Crippen molar-refractivity contribution < 1.29 is 9.53 Å². The van der Waals surface area contributed by atoms with E-state index in [9.17, 15) is 4.79 Å². The first-order chi connectivity index (χ1) is 9.60. The second-order valence-corrected chi connectivity index (χ2v) is 5.15. The van der Waals surface area contributed by atoms with E-state index in [4.69, 9.17) is 10.5 Å². The molecule has 0 unspecified atom stereocenters. The van der Waals surface area contributed by atoms with Crippen molar-refractivity contribution in [2.24, 2.45) is 5.73 Å². The highest BCUT2D eigenvalue weighted by molar-refractivity contribution is 5.72. The molecule has 1 aromatic rings. The Morgan fingerprint density at radius 2 is 2.15 bits per heavy atom. The Kier molecular flexibility index (Phi) is 4.71. The Morgan fingerprint density at radius 3 is 2.70 bits per heavy atom. The Balaban J connectivity index is 1.92. The molecule has 110 valence electrons. The quantitative estimate of drug-likeness (QED) is 0.887. The zero-order valence-electron chi connectivity index (χ0n) is 12.2. The number of amides is 2. The maximum Gasteiger partial charge on any atom is 0.314 e. The van der Waals surface area contributed by atoms with Crippen LogP contribution in [0.3, 0.4) is 0 Å². The van der Waals surface area contributed by atoms with Crippen molar-refractivity contribution in [3.05, 3.63) is 23.8 Å². The molecule has 1 fully saturated rings. The number of ether oxygens (including phenoxy) is 1.